The van der Waals surface area contributed by atoms with E-state index in [1.165, 1.54) is 0 Å². The smallest absolute Gasteiger partial charge is 0.223 e. The van der Waals surface area contributed by atoms with Crippen molar-refractivity contribution < 1.29 is 14.3 Å². The second kappa shape index (κ2) is 6.20. The number of nitrogens with zero attached hydrogens (tertiary/aromatic N) is 2. The fraction of sp³-hybridized carbons (Fsp3) is 0.929. The summed E-state index contributed by atoms with van der Waals surface area (Å²) >= 11 is 0. The van der Waals surface area contributed by atoms with Gasteiger partial charge in [0.25, 0.3) is 0 Å². The van der Waals surface area contributed by atoms with Crippen LogP contribution in [0.2, 0.25) is 0 Å². The Morgan fingerprint density at radius 2 is 1.74 bits per heavy atom. The molecule has 1 saturated carbocycles. The van der Waals surface area contributed by atoms with Crippen molar-refractivity contribution in [1.82, 2.24) is 9.80 Å². The van der Waals surface area contributed by atoms with Gasteiger partial charge in [-0.25, -0.2) is 0 Å². The van der Waals surface area contributed by atoms with Crippen LogP contribution >= 0.6 is 0 Å². The van der Waals surface area contributed by atoms with E-state index in [1.807, 2.05) is 14.1 Å². The molecule has 0 aromatic carbocycles. The van der Waals surface area contributed by atoms with E-state index < -0.39 is 0 Å². The van der Waals surface area contributed by atoms with Gasteiger partial charge in [-0.2, -0.15) is 0 Å². The first-order valence-electron chi connectivity index (χ1n) is 7.21. The Morgan fingerprint density at radius 1 is 1.16 bits per heavy atom. The van der Waals surface area contributed by atoms with Crippen LogP contribution in [0.3, 0.4) is 0 Å². The average molecular weight is 270 g/mol. The van der Waals surface area contributed by atoms with Crippen molar-refractivity contribution in [3.8, 4) is 0 Å². The highest BCUT2D eigenvalue weighted by molar-refractivity contribution is 5.75. The van der Waals surface area contributed by atoms with Crippen LogP contribution in [0.1, 0.15) is 32.1 Å². The number of amides is 1. The lowest BCUT2D eigenvalue weighted by atomic mass is 9.89. The molecular weight excluding hydrogens is 244 g/mol. The molecule has 0 N–H and O–H groups in total. The van der Waals surface area contributed by atoms with Crippen LogP contribution in [-0.2, 0) is 14.3 Å². The molecule has 2 fully saturated rings. The fourth-order valence-electron chi connectivity index (χ4n) is 2.95. The van der Waals surface area contributed by atoms with Crippen LogP contribution < -0.4 is 0 Å². The van der Waals surface area contributed by atoms with E-state index in [-0.39, 0.29) is 11.7 Å². The van der Waals surface area contributed by atoms with Crippen molar-refractivity contribution in [3.05, 3.63) is 0 Å². The molecule has 0 aromatic heterocycles. The summed E-state index contributed by atoms with van der Waals surface area (Å²) in [5.74, 6) is -0.0850. The molecule has 2 rings (SSSR count). The molecule has 5 nitrogen and oxygen atoms in total. The Labute approximate surface area is 115 Å². The van der Waals surface area contributed by atoms with Crippen LogP contribution in [0.5, 0.6) is 0 Å². The van der Waals surface area contributed by atoms with Gasteiger partial charge in [0.05, 0.1) is 13.2 Å². The van der Waals surface area contributed by atoms with Crippen LogP contribution in [0.15, 0.2) is 0 Å². The van der Waals surface area contributed by atoms with Crippen LogP contribution in [0.25, 0.3) is 0 Å². The Morgan fingerprint density at radius 3 is 2.26 bits per heavy atom. The summed E-state index contributed by atoms with van der Waals surface area (Å²) < 4.78 is 11.5. The highest BCUT2D eigenvalue weighted by atomic mass is 16.7. The molecule has 1 spiro atoms. The molecule has 110 valence electrons. The van der Waals surface area contributed by atoms with Gasteiger partial charge in [0.1, 0.15) is 0 Å². The van der Waals surface area contributed by atoms with Gasteiger partial charge in [-0.3, -0.25) is 4.79 Å². The van der Waals surface area contributed by atoms with E-state index in [1.54, 1.807) is 4.90 Å². The summed E-state index contributed by atoms with van der Waals surface area (Å²) in [7, 11) is 5.73. The van der Waals surface area contributed by atoms with E-state index in [0.717, 1.165) is 45.4 Å². The lowest BCUT2D eigenvalue weighted by molar-refractivity contribution is -0.183. The summed E-state index contributed by atoms with van der Waals surface area (Å²) in [5.41, 5.74) is 0. The maximum atomic E-state index is 11.6. The molecule has 1 saturated heterocycles. The summed E-state index contributed by atoms with van der Waals surface area (Å²) in [5, 5.41) is 0. The Bertz CT molecular complexity index is 304. The molecule has 2 aliphatic rings. The highest BCUT2D eigenvalue weighted by Gasteiger charge is 2.40. The van der Waals surface area contributed by atoms with Crippen LogP contribution in [0.4, 0.5) is 0 Å². The summed E-state index contributed by atoms with van der Waals surface area (Å²) in [6, 6.07) is 0.549. The second-order valence-electron chi connectivity index (χ2n) is 5.86. The summed E-state index contributed by atoms with van der Waals surface area (Å²) in [6.07, 6.45) is 4.73. The number of ether oxygens (including phenoxy) is 2. The molecule has 1 aliphatic carbocycles. The van der Waals surface area contributed by atoms with Gasteiger partial charge < -0.3 is 19.3 Å². The molecule has 5 heteroatoms. The maximum absolute atomic E-state index is 11.6. The van der Waals surface area contributed by atoms with E-state index in [4.69, 9.17) is 9.47 Å². The third-order valence-corrected chi connectivity index (χ3v) is 4.33. The summed E-state index contributed by atoms with van der Waals surface area (Å²) in [4.78, 5) is 15.6. The Hall–Kier alpha value is -0.650. The number of carbonyl (C=O) groups is 1. The van der Waals surface area contributed by atoms with Gasteiger partial charge in [0.15, 0.2) is 5.79 Å². The van der Waals surface area contributed by atoms with E-state index in [9.17, 15) is 4.79 Å². The zero-order chi connectivity index (χ0) is 13.9. The van der Waals surface area contributed by atoms with Gasteiger partial charge in [0, 0.05) is 45.9 Å². The van der Waals surface area contributed by atoms with E-state index in [0.29, 0.717) is 12.5 Å². The average Bonchev–Trinajstić information content (AvgIpc) is 2.84. The fourth-order valence-corrected chi connectivity index (χ4v) is 2.95. The van der Waals surface area contributed by atoms with Gasteiger partial charge in [0.2, 0.25) is 5.91 Å². The first-order valence-corrected chi connectivity index (χ1v) is 7.21. The number of hydrogen-bond acceptors (Lipinski definition) is 4. The minimum absolute atomic E-state index is 0.196. The van der Waals surface area contributed by atoms with Crippen molar-refractivity contribution in [2.45, 2.75) is 43.9 Å². The third kappa shape index (κ3) is 3.68. The second-order valence-corrected chi connectivity index (χ2v) is 5.86. The van der Waals surface area contributed by atoms with E-state index >= 15 is 0 Å². The van der Waals surface area contributed by atoms with Gasteiger partial charge in [-0.15, -0.1) is 0 Å². The molecule has 1 amide bonds. The lowest BCUT2D eigenvalue weighted by Gasteiger charge is -2.39. The molecule has 0 aromatic rings. The first kappa shape index (κ1) is 14.8. The molecule has 1 aliphatic heterocycles. The van der Waals surface area contributed by atoms with Crippen LogP contribution in [0, 0.1) is 0 Å². The molecule has 1 heterocycles. The Kier molecular flexibility index (Phi) is 4.81. The van der Waals surface area contributed by atoms with Crippen molar-refractivity contribution in [3.63, 3.8) is 0 Å². The van der Waals surface area contributed by atoms with Gasteiger partial charge in [-0.05, 0) is 19.9 Å². The first-order chi connectivity index (χ1) is 9.02. The quantitative estimate of drug-likeness (QED) is 0.766. The zero-order valence-corrected chi connectivity index (χ0v) is 12.4. The zero-order valence-electron chi connectivity index (χ0n) is 12.4. The van der Waals surface area contributed by atoms with Gasteiger partial charge in [-0.1, -0.05) is 0 Å². The minimum Gasteiger partial charge on any atom is -0.349 e. The van der Waals surface area contributed by atoms with Crippen molar-refractivity contribution in [2.75, 3.05) is 40.9 Å². The predicted octanol–water partition coefficient (Wildman–Crippen LogP) is 1.08. The van der Waals surface area contributed by atoms with Crippen molar-refractivity contribution in [1.29, 1.82) is 0 Å². The molecule has 0 unspecified atom stereocenters. The van der Waals surface area contributed by atoms with Gasteiger partial charge >= 0.3 is 0 Å². The van der Waals surface area contributed by atoms with Crippen LogP contribution in [-0.4, -0.2) is 68.4 Å². The van der Waals surface area contributed by atoms with Crippen molar-refractivity contribution in [2.24, 2.45) is 0 Å². The normalized spacial score (nSPS) is 23.2. The Balaban J connectivity index is 1.73. The number of hydrogen-bond donors (Lipinski definition) is 0. The molecule has 0 bridgehead atoms. The van der Waals surface area contributed by atoms with Crippen molar-refractivity contribution >= 4 is 5.91 Å². The molecule has 19 heavy (non-hydrogen) atoms. The topological polar surface area (TPSA) is 42.0 Å². The molecular formula is C14H26N2O3. The molecule has 0 radical (unpaired) electrons. The minimum atomic E-state index is -0.281. The SMILES string of the molecule is CN(C)C(=O)CCN(C)C1CCC2(CC1)OCCO2. The standard InChI is InChI=1S/C14H26N2O3/c1-15(2)13(17)6-9-16(3)12-4-7-14(8-5-12)18-10-11-19-14/h12H,4-11H2,1-3H3. The largest absolute Gasteiger partial charge is 0.349 e. The monoisotopic (exact) mass is 270 g/mol. The molecule has 0 atom stereocenters. The predicted molar refractivity (Wildman–Crippen MR) is 72.8 cm³/mol. The summed E-state index contributed by atoms with van der Waals surface area (Å²) in [6.45, 7) is 2.30. The maximum Gasteiger partial charge on any atom is 0.223 e. The lowest BCUT2D eigenvalue weighted by Crippen LogP contribution is -2.43. The number of rotatable bonds is 4. The highest BCUT2D eigenvalue weighted by Crippen LogP contribution is 2.37. The number of carbonyl (C=O) groups excluding carboxylic acids is 1. The third-order valence-electron chi connectivity index (χ3n) is 4.33. The van der Waals surface area contributed by atoms with E-state index in [2.05, 4.69) is 11.9 Å².